The molecule has 3 rings (SSSR count). The molecule has 23 heavy (non-hydrogen) atoms. The van der Waals surface area contributed by atoms with Gasteiger partial charge in [-0.3, -0.25) is 4.57 Å². The van der Waals surface area contributed by atoms with Crippen LogP contribution in [-0.4, -0.2) is 27.6 Å². The number of carbonyl (C=O) groups excluding carboxylic acids is 1. The molecule has 116 valence electrons. The van der Waals surface area contributed by atoms with E-state index in [1.807, 2.05) is 0 Å². The number of rotatable bonds is 4. The van der Waals surface area contributed by atoms with Crippen molar-refractivity contribution >= 4 is 5.97 Å². The van der Waals surface area contributed by atoms with E-state index < -0.39 is 11.8 Å². The minimum Gasteiger partial charge on any atom is -0.494 e. The van der Waals surface area contributed by atoms with Crippen LogP contribution in [0.5, 0.6) is 11.5 Å². The molecule has 6 nitrogen and oxygen atoms in total. The highest BCUT2D eigenvalue weighted by molar-refractivity contribution is 5.91. The van der Waals surface area contributed by atoms with Crippen LogP contribution in [-0.2, 0) is 0 Å². The van der Waals surface area contributed by atoms with Gasteiger partial charge in [-0.05, 0) is 24.3 Å². The van der Waals surface area contributed by atoms with E-state index >= 15 is 0 Å². The van der Waals surface area contributed by atoms with Crippen molar-refractivity contribution in [1.82, 2.24) is 14.5 Å². The van der Waals surface area contributed by atoms with E-state index in [1.54, 1.807) is 29.4 Å². The maximum atomic E-state index is 13.6. The first-order valence-electron chi connectivity index (χ1n) is 6.67. The number of methoxy groups -OCH3 is 1. The highest BCUT2D eigenvalue weighted by Crippen LogP contribution is 2.23. The van der Waals surface area contributed by atoms with Crippen LogP contribution in [0.25, 0.3) is 5.82 Å². The molecule has 0 saturated carbocycles. The summed E-state index contributed by atoms with van der Waals surface area (Å²) in [4.78, 5) is 20.2. The number of esters is 1. The number of hydrogen-bond acceptors (Lipinski definition) is 5. The van der Waals surface area contributed by atoms with Crippen molar-refractivity contribution in [1.29, 1.82) is 0 Å². The van der Waals surface area contributed by atoms with Gasteiger partial charge in [0.05, 0.1) is 12.7 Å². The molecule has 2 aromatic heterocycles. The lowest BCUT2D eigenvalue weighted by Crippen LogP contribution is -2.10. The van der Waals surface area contributed by atoms with E-state index in [9.17, 15) is 9.18 Å². The predicted octanol–water partition coefficient (Wildman–Crippen LogP) is 2.63. The summed E-state index contributed by atoms with van der Waals surface area (Å²) in [6, 6.07) is 7.01. The zero-order valence-corrected chi connectivity index (χ0v) is 12.1. The standard InChI is InChI=1S/C16H12FN3O3/c1-22-14-3-2-12(9-13(14)17)23-16(21)11-4-5-19-15(8-11)20-7-6-18-10-20/h2-10H,1H3. The molecule has 0 unspecified atom stereocenters. The molecule has 0 N–H and O–H groups in total. The molecular formula is C16H12FN3O3. The molecular weight excluding hydrogens is 301 g/mol. The number of pyridine rings is 1. The number of carbonyl (C=O) groups is 1. The summed E-state index contributed by atoms with van der Waals surface area (Å²) in [5.74, 6) is -0.520. The fourth-order valence-corrected chi connectivity index (χ4v) is 1.96. The third kappa shape index (κ3) is 3.18. The Kier molecular flexibility index (Phi) is 4.01. The molecule has 0 spiro atoms. The van der Waals surface area contributed by atoms with E-state index in [0.29, 0.717) is 11.4 Å². The summed E-state index contributed by atoms with van der Waals surface area (Å²) in [6.07, 6.45) is 6.36. The Morgan fingerprint density at radius 2 is 2.09 bits per heavy atom. The van der Waals surface area contributed by atoms with E-state index in [2.05, 4.69) is 9.97 Å². The molecule has 0 radical (unpaired) electrons. The molecule has 0 fully saturated rings. The Hall–Kier alpha value is -3.22. The largest absolute Gasteiger partial charge is 0.494 e. The van der Waals surface area contributed by atoms with Crippen LogP contribution in [0.1, 0.15) is 10.4 Å². The number of nitrogens with zero attached hydrogens (tertiary/aromatic N) is 3. The molecule has 1 aromatic carbocycles. The van der Waals surface area contributed by atoms with E-state index in [1.165, 1.54) is 31.5 Å². The van der Waals surface area contributed by atoms with E-state index in [4.69, 9.17) is 9.47 Å². The highest BCUT2D eigenvalue weighted by Gasteiger charge is 2.12. The molecule has 2 heterocycles. The lowest BCUT2D eigenvalue weighted by Gasteiger charge is -2.07. The first kappa shape index (κ1) is 14.7. The Bertz CT molecular complexity index is 834. The zero-order valence-electron chi connectivity index (χ0n) is 12.1. The second kappa shape index (κ2) is 6.27. The normalized spacial score (nSPS) is 10.3. The number of hydrogen-bond donors (Lipinski definition) is 0. The van der Waals surface area contributed by atoms with Crippen molar-refractivity contribution in [3.63, 3.8) is 0 Å². The van der Waals surface area contributed by atoms with Crippen molar-refractivity contribution in [3.05, 3.63) is 66.6 Å². The quantitative estimate of drug-likeness (QED) is 0.547. The van der Waals surface area contributed by atoms with Gasteiger partial charge in [0.1, 0.15) is 17.9 Å². The SMILES string of the molecule is COc1ccc(OC(=O)c2ccnc(-n3ccnc3)c2)cc1F. The summed E-state index contributed by atoms with van der Waals surface area (Å²) in [5.41, 5.74) is 0.292. The van der Waals surface area contributed by atoms with Crippen molar-refractivity contribution in [2.45, 2.75) is 0 Å². The van der Waals surface area contributed by atoms with Crippen molar-refractivity contribution in [3.8, 4) is 17.3 Å². The molecule has 0 amide bonds. The van der Waals surface area contributed by atoms with E-state index in [0.717, 1.165) is 6.07 Å². The predicted molar refractivity (Wildman–Crippen MR) is 79.3 cm³/mol. The minimum absolute atomic E-state index is 0.0797. The molecule has 7 heteroatoms. The third-order valence-corrected chi connectivity index (χ3v) is 3.08. The Balaban J connectivity index is 1.81. The van der Waals surface area contributed by atoms with Gasteiger partial charge < -0.3 is 9.47 Å². The third-order valence-electron chi connectivity index (χ3n) is 3.08. The first-order chi connectivity index (χ1) is 11.2. The van der Waals surface area contributed by atoms with Gasteiger partial charge in [-0.2, -0.15) is 0 Å². The molecule has 0 saturated heterocycles. The lowest BCUT2D eigenvalue weighted by atomic mass is 10.2. The van der Waals surface area contributed by atoms with Crippen LogP contribution < -0.4 is 9.47 Å². The maximum Gasteiger partial charge on any atom is 0.343 e. The number of benzene rings is 1. The number of ether oxygens (including phenoxy) is 2. The molecule has 0 aliphatic rings. The summed E-state index contributed by atoms with van der Waals surface area (Å²) < 4.78 is 25.3. The van der Waals surface area contributed by atoms with Gasteiger partial charge in [0.25, 0.3) is 0 Å². The summed E-state index contributed by atoms with van der Waals surface area (Å²) in [5, 5.41) is 0. The molecule has 0 bridgehead atoms. The second-order valence-electron chi connectivity index (χ2n) is 4.56. The van der Waals surface area contributed by atoms with Gasteiger partial charge in [0, 0.05) is 24.7 Å². The molecule has 3 aromatic rings. The van der Waals surface area contributed by atoms with Gasteiger partial charge in [0.2, 0.25) is 0 Å². The van der Waals surface area contributed by atoms with Crippen molar-refractivity contribution in [2.24, 2.45) is 0 Å². The first-order valence-corrected chi connectivity index (χ1v) is 6.67. The highest BCUT2D eigenvalue weighted by atomic mass is 19.1. The van der Waals surface area contributed by atoms with Crippen LogP contribution >= 0.6 is 0 Å². The number of halogens is 1. The smallest absolute Gasteiger partial charge is 0.343 e. The maximum absolute atomic E-state index is 13.6. The van der Waals surface area contributed by atoms with Crippen LogP contribution in [0.4, 0.5) is 4.39 Å². The van der Waals surface area contributed by atoms with Gasteiger partial charge in [-0.1, -0.05) is 0 Å². The van der Waals surface area contributed by atoms with Crippen LogP contribution in [0.3, 0.4) is 0 Å². The minimum atomic E-state index is -0.613. The molecule has 0 aliphatic heterocycles. The second-order valence-corrected chi connectivity index (χ2v) is 4.56. The van der Waals surface area contributed by atoms with Gasteiger partial charge >= 0.3 is 5.97 Å². The molecule has 0 atom stereocenters. The fraction of sp³-hybridized carbons (Fsp3) is 0.0625. The Morgan fingerprint density at radius 1 is 1.22 bits per heavy atom. The number of aromatic nitrogens is 3. The van der Waals surface area contributed by atoms with Crippen molar-refractivity contribution in [2.75, 3.05) is 7.11 Å². The van der Waals surface area contributed by atoms with Crippen LogP contribution in [0.15, 0.2) is 55.2 Å². The summed E-state index contributed by atoms with van der Waals surface area (Å²) in [6.45, 7) is 0. The van der Waals surface area contributed by atoms with Crippen LogP contribution in [0, 0.1) is 5.82 Å². The summed E-state index contributed by atoms with van der Waals surface area (Å²) in [7, 11) is 1.36. The lowest BCUT2D eigenvalue weighted by molar-refractivity contribution is 0.0734. The van der Waals surface area contributed by atoms with Gasteiger partial charge in [-0.25, -0.2) is 19.2 Å². The Labute approximate surface area is 131 Å². The Morgan fingerprint density at radius 3 is 2.78 bits per heavy atom. The molecule has 0 aliphatic carbocycles. The van der Waals surface area contributed by atoms with E-state index in [-0.39, 0.29) is 11.5 Å². The monoisotopic (exact) mass is 313 g/mol. The number of imidazole rings is 1. The topological polar surface area (TPSA) is 66.2 Å². The fourth-order valence-electron chi connectivity index (χ4n) is 1.96. The summed E-state index contributed by atoms with van der Waals surface area (Å²) >= 11 is 0. The average Bonchev–Trinajstić information content (AvgIpc) is 3.10. The van der Waals surface area contributed by atoms with Crippen LogP contribution in [0.2, 0.25) is 0 Å². The van der Waals surface area contributed by atoms with Gasteiger partial charge in [-0.15, -0.1) is 0 Å². The van der Waals surface area contributed by atoms with Crippen molar-refractivity contribution < 1.29 is 18.7 Å². The average molecular weight is 313 g/mol. The van der Waals surface area contributed by atoms with Gasteiger partial charge in [0.15, 0.2) is 11.6 Å². The zero-order chi connectivity index (χ0) is 16.2.